The number of ether oxygens (including phenoxy) is 1. The molecule has 0 radical (unpaired) electrons. The Morgan fingerprint density at radius 1 is 0.895 bits per heavy atom. The molecule has 2 unspecified atom stereocenters. The van der Waals surface area contributed by atoms with Crippen LogP contribution in [0.1, 0.15) is 77.0 Å². The van der Waals surface area contributed by atoms with Crippen LogP contribution in [0.5, 0.6) is 0 Å². The minimum Gasteiger partial charge on any atom is -0.392 e. The van der Waals surface area contributed by atoms with Gasteiger partial charge in [-0.2, -0.15) is 0 Å². The molecular weight excluding hydrogens is 236 g/mol. The highest BCUT2D eigenvalue weighted by molar-refractivity contribution is 5.04. The Labute approximate surface area is 117 Å². The van der Waals surface area contributed by atoms with Crippen molar-refractivity contribution >= 4 is 0 Å². The molecular formula is C17H30O2. The van der Waals surface area contributed by atoms with Gasteiger partial charge in [0.15, 0.2) is 0 Å². The van der Waals surface area contributed by atoms with Crippen LogP contribution < -0.4 is 0 Å². The fourth-order valence-corrected chi connectivity index (χ4v) is 4.61. The normalized spacial score (nSPS) is 35.8. The molecule has 3 rings (SSSR count). The summed E-state index contributed by atoms with van der Waals surface area (Å²) in [7, 11) is 0. The molecule has 2 atom stereocenters. The molecule has 1 spiro atoms. The van der Waals surface area contributed by atoms with E-state index in [0.717, 1.165) is 18.9 Å². The van der Waals surface area contributed by atoms with Gasteiger partial charge in [0.25, 0.3) is 0 Å². The van der Waals surface area contributed by atoms with Gasteiger partial charge >= 0.3 is 0 Å². The molecule has 0 bridgehead atoms. The zero-order valence-electron chi connectivity index (χ0n) is 12.3. The van der Waals surface area contributed by atoms with E-state index >= 15 is 0 Å². The second kappa shape index (κ2) is 6.13. The van der Waals surface area contributed by atoms with Crippen molar-refractivity contribution in [2.24, 2.45) is 11.3 Å². The third kappa shape index (κ3) is 2.85. The van der Waals surface area contributed by atoms with Gasteiger partial charge in [0, 0.05) is 18.4 Å². The first kappa shape index (κ1) is 13.9. The predicted octanol–water partition coefficient (Wildman–Crippen LogP) is 4.06. The van der Waals surface area contributed by atoms with Gasteiger partial charge in [-0.25, -0.2) is 0 Å². The third-order valence-corrected chi connectivity index (χ3v) is 6.03. The lowest BCUT2D eigenvalue weighted by Crippen LogP contribution is -2.58. The second-order valence-electron chi connectivity index (χ2n) is 7.22. The van der Waals surface area contributed by atoms with E-state index in [9.17, 15) is 5.11 Å². The third-order valence-electron chi connectivity index (χ3n) is 6.03. The van der Waals surface area contributed by atoms with Crippen molar-refractivity contribution in [3.8, 4) is 0 Å². The molecule has 0 aromatic rings. The van der Waals surface area contributed by atoms with Crippen LogP contribution in [0, 0.1) is 11.3 Å². The summed E-state index contributed by atoms with van der Waals surface area (Å²) in [6, 6.07) is 0. The largest absolute Gasteiger partial charge is 0.392 e. The maximum atomic E-state index is 10.3. The summed E-state index contributed by atoms with van der Waals surface area (Å²) in [6.07, 6.45) is 15.8. The van der Waals surface area contributed by atoms with E-state index in [-0.39, 0.29) is 11.5 Å². The Morgan fingerprint density at radius 3 is 2.16 bits per heavy atom. The lowest BCUT2D eigenvalue weighted by atomic mass is 9.59. The van der Waals surface area contributed by atoms with Crippen molar-refractivity contribution in [1.82, 2.24) is 0 Å². The fourth-order valence-electron chi connectivity index (χ4n) is 4.61. The molecule has 0 heterocycles. The zero-order chi connectivity index (χ0) is 13.1. The average Bonchev–Trinajstić information content (AvgIpc) is 2.72. The molecule has 19 heavy (non-hydrogen) atoms. The zero-order valence-corrected chi connectivity index (χ0v) is 12.3. The van der Waals surface area contributed by atoms with Crippen molar-refractivity contribution in [1.29, 1.82) is 0 Å². The number of hydrogen-bond donors (Lipinski definition) is 1. The standard InChI is InChI=1S/C17H30O2/c18-15-12-16(17(15)10-6-1-2-7-11-17)19-13-14-8-4-3-5-9-14/h14-16,18H,1-13H2. The van der Waals surface area contributed by atoms with Gasteiger partial charge in [0.05, 0.1) is 12.2 Å². The van der Waals surface area contributed by atoms with Crippen LogP contribution in [0.4, 0.5) is 0 Å². The molecule has 0 amide bonds. The summed E-state index contributed by atoms with van der Waals surface area (Å²) < 4.78 is 6.28. The number of rotatable bonds is 3. The minimum atomic E-state index is -0.0815. The summed E-state index contributed by atoms with van der Waals surface area (Å²) in [5, 5.41) is 10.3. The quantitative estimate of drug-likeness (QED) is 0.835. The monoisotopic (exact) mass is 266 g/mol. The summed E-state index contributed by atoms with van der Waals surface area (Å²) >= 11 is 0. The molecule has 2 heteroatoms. The number of aliphatic hydroxyl groups excluding tert-OH is 1. The van der Waals surface area contributed by atoms with Gasteiger partial charge in [-0.05, 0) is 31.6 Å². The maximum absolute atomic E-state index is 10.3. The van der Waals surface area contributed by atoms with E-state index in [1.807, 2.05) is 0 Å². The van der Waals surface area contributed by atoms with Gasteiger partial charge < -0.3 is 9.84 Å². The van der Waals surface area contributed by atoms with Crippen LogP contribution in [0.2, 0.25) is 0 Å². The lowest BCUT2D eigenvalue weighted by Gasteiger charge is -2.53. The Balaban J connectivity index is 1.52. The van der Waals surface area contributed by atoms with E-state index in [1.165, 1.54) is 70.6 Å². The van der Waals surface area contributed by atoms with Crippen LogP contribution in [0.25, 0.3) is 0 Å². The first-order chi connectivity index (χ1) is 9.31. The highest BCUT2D eigenvalue weighted by Gasteiger charge is 2.54. The van der Waals surface area contributed by atoms with E-state index in [4.69, 9.17) is 4.74 Å². The van der Waals surface area contributed by atoms with Crippen LogP contribution in [-0.4, -0.2) is 23.9 Å². The molecule has 3 aliphatic rings. The maximum Gasteiger partial charge on any atom is 0.0681 e. The molecule has 0 saturated heterocycles. The van der Waals surface area contributed by atoms with E-state index in [1.54, 1.807) is 0 Å². The Hall–Kier alpha value is -0.0800. The topological polar surface area (TPSA) is 29.5 Å². The molecule has 3 fully saturated rings. The summed E-state index contributed by atoms with van der Waals surface area (Å²) in [5.41, 5.74) is 0.144. The Bertz CT molecular complexity index is 275. The smallest absolute Gasteiger partial charge is 0.0681 e. The van der Waals surface area contributed by atoms with Crippen molar-refractivity contribution in [2.45, 2.75) is 89.3 Å². The van der Waals surface area contributed by atoms with Gasteiger partial charge in [-0.1, -0.05) is 44.9 Å². The SMILES string of the molecule is OC1CC(OCC2CCCCC2)C12CCCCCC2. The highest BCUT2D eigenvalue weighted by Crippen LogP contribution is 2.52. The first-order valence-electron chi connectivity index (χ1n) is 8.61. The molecule has 0 aliphatic heterocycles. The highest BCUT2D eigenvalue weighted by atomic mass is 16.5. The first-order valence-corrected chi connectivity index (χ1v) is 8.61. The van der Waals surface area contributed by atoms with Crippen molar-refractivity contribution in [3.05, 3.63) is 0 Å². The Morgan fingerprint density at radius 2 is 1.53 bits per heavy atom. The van der Waals surface area contributed by atoms with Crippen LogP contribution in [-0.2, 0) is 4.74 Å². The van der Waals surface area contributed by atoms with Gasteiger partial charge in [-0.3, -0.25) is 0 Å². The summed E-state index contributed by atoms with van der Waals surface area (Å²) in [4.78, 5) is 0. The van der Waals surface area contributed by atoms with E-state index in [2.05, 4.69) is 0 Å². The van der Waals surface area contributed by atoms with Crippen molar-refractivity contribution in [3.63, 3.8) is 0 Å². The molecule has 0 aromatic carbocycles. The average molecular weight is 266 g/mol. The van der Waals surface area contributed by atoms with E-state index in [0.29, 0.717) is 6.10 Å². The number of hydrogen-bond acceptors (Lipinski definition) is 2. The van der Waals surface area contributed by atoms with Gasteiger partial charge in [0.2, 0.25) is 0 Å². The fraction of sp³-hybridized carbons (Fsp3) is 1.00. The molecule has 3 aliphatic carbocycles. The molecule has 110 valence electrons. The predicted molar refractivity (Wildman–Crippen MR) is 77.1 cm³/mol. The van der Waals surface area contributed by atoms with Crippen LogP contribution >= 0.6 is 0 Å². The van der Waals surface area contributed by atoms with Crippen LogP contribution in [0.3, 0.4) is 0 Å². The molecule has 2 nitrogen and oxygen atoms in total. The second-order valence-corrected chi connectivity index (χ2v) is 7.22. The lowest BCUT2D eigenvalue weighted by molar-refractivity contribution is -0.203. The van der Waals surface area contributed by atoms with Gasteiger partial charge in [-0.15, -0.1) is 0 Å². The molecule has 1 N–H and O–H groups in total. The van der Waals surface area contributed by atoms with Crippen LogP contribution in [0.15, 0.2) is 0 Å². The van der Waals surface area contributed by atoms with Crippen molar-refractivity contribution < 1.29 is 9.84 Å². The number of aliphatic hydroxyl groups is 1. The summed E-state index contributed by atoms with van der Waals surface area (Å²) in [5.74, 6) is 0.800. The van der Waals surface area contributed by atoms with E-state index < -0.39 is 0 Å². The van der Waals surface area contributed by atoms with Crippen molar-refractivity contribution in [2.75, 3.05) is 6.61 Å². The minimum absolute atomic E-state index is 0.0815. The molecule has 0 aromatic heterocycles. The Kier molecular flexibility index (Phi) is 4.48. The van der Waals surface area contributed by atoms with Gasteiger partial charge in [0.1, 0.15) is 0 Å². The summed E-state index contributed by atoms with van der Waals surface area (Å²) in [6.45, 7) is 0.957. The molecule has 3 saturated carbocycles.